The van der Waals surface area contributed by atoms with Gasteiger partial charge in [0.05, 0.1) is 18.7 Å². The number of thiophene rings is 1. The molecule has 0 saturated carbocycles. The molecular formula is C19H17N3O2S2. The van der Waals surface area contributed by atoms with Crippen molar-refractivity contribution >= 4 is 44.0 Å². The second-order valence-electron chi connectivity index (χ2n) is 5.98. The Hall–Kier alpha value is -2.51. The molecule has 1 N–H and O–H groups in total. The van der Waals surface area contributed by atoms with Gasteiger partial charge in [-0.25, -0.2) is 4.98 Å². The standard InChI is InChI=1S/C19H17N3O2S2/c1-2-10-24-13-7-5-12(6-8-13)11-22-18(23)16-15(21-19(22)25)14-4-3-9-20-17(14)26-16/h3-9H,2,10-11H2,1H3,(H,21,25). The number of ether oxygens (including phenoxy) is 1. The van der Waals surface area contributed by atoms with Gasteiger partial charge in [0.2, 0.25) is 0 Å². The minimum atomic E-state index is -0.0851. The van der Waals surface area contributed by atoms with Crippen molar-refractivity contribution in [1.82, 2.24) is 14.5 Å². The van der Waals surface area contributed by atoms with Gasteiger partial charge in [-0.1, -0.05) is 19.1 Å². The maximum Gasteiger partial charge on any atom is 0.272 e. The van der Waals surface area contributed by atoms with Crippen LogP contribution in [0.4, 0.5) is 0 Å². The van der Waals surface area contributed by atoms with Crippen molar-refractivity contribution in [2.45, 2.75) is 19.9 Å². The zero-order valence-corrected chi connectivity index (χ0v) is 15.8. The van der Waals surface area contributed by atoms with E-state index in [1.54, 1.807) is 10.8 Å². The maximum atomic E-state index is 13.0. The molecule has 0 spiro atoms. The average molecular weight is 383 g/mol. The first-order chi connectivity index (χ1) is 12.7. The first-order valence-electron chi connectivity index (χ1n) is 8.39. The predicted molar refractivity (Wildman–Crippen MR) is 108 cm³/mol. The summed E-state index contributed by atoms with van der Waals surface area (Å²) in [5.41, 5.74) is 1.68. The molecular weight excluding hydrogens is 366 g/mol. The number of hydrogen-bond acceptors (Lipinski definition) is 5. The number of nitrogens with one attached hydrogen (secondary N) is 1. The molecule has 0 fully saturated rings. The molecule has 26 heavy (non-hydrogen) atoms. The van der Waals surface area contributed by atoms with E-state index in [1.807, 2.05) is 36.4 Å². The molecule has 3 heterocycles. The van der Waals surface area contributed by atoms with Crippen molar-refractivity contribution in [2.24, 2.45) is 0 Å². The van der Waals surface area contributed by atoms with Gasteiger partial charge < -0.3 is 9.72 Å². The van der Waals surface area contributed by atoms with E-state index >= 15 is 0 Å². The molecule has 0 radical (unpaired) electrons. The number of benzene rings is 1. The van der Waals surface area contributed by atoms with Gasteiger partial charge in [-0.15, -0.1) is 11.3 Å². The first kappa shape index (κ1) is 16.9. The topological polar surface area (TPSA) is 59.9 Å². The van der Waals surface area contributed by atoms with Crippen LogP contribution in [-0.4, -0.2) is 21.1 Å². The minimum absolute atomic E-state index is 0.0851. The lowest BCUT2D eigenvalue weighted by molar-refractivity contribution is 0.317. The predicted octanol–water partition coefficient (Wildman–Crippen LogP) is 4.51. The van der Waals surface area contributed by atoms with E-state index in [0.717, 1.165) is 33.5 Å². The van der Waals surface area contributed by atoms with Crippen molar-refractivity contribution in [1.29, 1.82) is 0 Å². The molecule has 0 unspecified atom stereocenters. The Kier molecular flexibility index (Phi) is 4.57. The fourth-order valence-corrected chi connectivity index (χ4v) is 4.13. The van der Waals surface area contributed by atoms with Gasteiger partial charge in [0.15, 0.2) is 4.77 Å². The highest BCUT2D eigenvalue weighted by Crippen LogP contribution is 2.28. The summed E-state index contributed by atoms with van der Waals surface area (Å²) < 4.78 is 8.25. The molecule has 1 aromatic carbocycles. The quantitative estimate of drug-likeness (QED) is 0.515. The molecule has 0 aliphatic heterocycles. The Morgan fingerprint density at radius 2 is 2.08 bits per heavy atom. The first-order valence-corrected chi connectivity index (χ1v) is 9.62. The molecule has 0 bridgehead atoms. The van der Waals surface area contributed by atoms with Crippen molar-refractivity contribution in [3.05, 3.63) is 63.3 Å². The van der Waals surface area contributed by atoms with Gasteiger partial charge in [-0.2, -0.15) is 0 Å². The summed E-state index contributed by atoms with van der Waals surface area (Å²) in [5, 5.41) is 0.931. The van der Waals surface area contributed by atoms with Crippen LogP contribution in [0.2, 0.25) is 0 Å². The van der Waals surface area contributed by atoms with Crippen LogP contribution < -0.4 is 10.3 Å². The van der Waals surface area contributed by atoms with Gasteiger partial charge in [0, 0.05) is 11.6 Å². The van der Waals surface area contributed by atoms with E-state index in [1.165, 1.54) is 11.3 Å². The fourth-order valence-electron chi connectivity index (χ4n) is 2.83. The van der Waals surface area contributed by atoms with E-state index < -0.39 is 0 Å². The van der Waals surface area contributed by atoms with E-state index in [0.29, 0.717) is 22.6 Å². The van der Waals surface area contributed by atoms with Crippen molar-refractivity contribution in [3.8, 4) is 5.75 Å². The molecule has 4 rings (SSSR count). The summed E-state index contributed by atoms with van der Waals surface area (Å²) in [7, 11) is 0. The molecule has 7 heteroatoms. The molecule has 5 nitrogen and oxygen atoms in total. The molecule has 0 aliphatic carbocycles. The Morgan fingerprint density at radius 3 is 2.85 bits per heavy atom. The van der Waals surface area contributed by atoms with Crippen LogP contribution in [0.3, 0.4) is 0 Å². The van der Waals surface area contributed by atoms with Crippen molar-refractivity contribution < 1.29 is 4.74 Å². The summed E-state index contributed by atoms with van der Waals surface area (Å²) in [6.45, 7) is 3.18. The Balaban J connectivity index is 1.73. The van der Waals surface area contributed by atoms with Gasteiger partial charge in [0.1, 0.15) is 15.3 Å². The summed E-state index contributed by atoms with van der Waals surface area (Å²) >= 11 is 6.84. The third-order valence-corrected chi connectivity index (χ3v) is 5.54. The number of H-pyrrole nitrogens is 1. The van der Waals surface area contributed by atoms with Crippen LogP contribution in [-0.2, 0) is 6.54 Å². The van der Waals surface area contributed by atoms with Gasteiger partial charge in [-0.3, -0.25) is 9.36 Å². The van der Waals surface area contributed by atoms with Crippen LogP contribution in [0.25, 0.3) is 20.4 Å². The molecule has 0 atom stereocenters. The zero-order valence-electron chi connectivity index (χ0n) is 14.2. The van der Waals surface area contributed by atoms with E-state index in [9.17, 15) is 4.79 Å². The highest BCUT2D eigenvalue weighted by atomic mass is 32.1. The third-order valence-electron chi connectivity index (χ3n) is 4.12. The van der Waals surface area contributed by atoms with Crippen LogP contribution in [0, 0.1) is 4.77 Å². The molecule has 0 saturated heterocycles. The van der Waals surface area contributed by atoms with Crippen molar-refractivity contribution in [3.63, 3.8) is 0 Å². The Labute approximate surface area is 158 Å². The van der Waals surface area contributed by atoms with Gasteiger partial charge in [-0.05, 0) is 48.5 Å². The molecule has 0 aliphatic rings. The minimum Gasteiger partial charge on any atom is -0.494 e. The van der Waals surface area contributed by atoms with E-state index in [2.05, 4.69) is 16.9 Å². The van der Waals surface area contributed by atoms with Crippen LogP contribution in [0.15, 0.2) is 47.4 Å². The normalized spacial score (nSPS) is 11.3. The molecule has 4 aromatic rings. The molecule has 0 amide bonds. The molecule has 132 valence electrons. The Bertz CT molecular complexity index is 1190. The summed E-state index contributed by atoms with van der Waals surface area (Å²) in [4.78, 5) is 21.3. The van der Waals surface area contributed by atoms with Crippen LogP contribution in [0.5, 0.6) is 5.75 Å². The SMILES string of the molecule is CCCOc1ccc(Cn2c(=S)[nH]c3c(sc4ncccc43)c2=O)cc1. The second kappa shape index (κ2) is 7.01. The lowest BCUT2D eigenvalue weighted by atomic mass is 10.2. The Morgan fingerprint density at radius 1 is 1.27 bits per heavy atom. The summed E-state index contributed by atoms with van der Waals surface area (Å²) in [6.07, 6.45) is 2.70. The van der Waals surface area contributed by atoms with Crippen LogP contribution in [0.1, 0.15) is 18.9 Å². The summed E-state index contributed by atoms with van der Waals surface area (Å²) in [5.74, 6) is 0.833. The number of hydrogen-bond donors (Lipinski definition) is 1. The van der Waals surface area contributed by atoms with Crippen LogP contribution >= 0.6 is 23.6 Å². The molecule has 3 aromatic heterocycles. The largest absolute Gasteiger partial charge is 0.494 e. The number of fused-ring (bicyclic) bond motifs is 3. The van der Waals surface area contributed by atoms with Gasteiger partial charge in [0.25, 0.3) is 5.56 Å². The van der Waals surface area contributed by atoms with Crippen molar-refractivity contribution in [2.75, 3.05) is 6.61 Å². The highest BCUT2D eigenvalue weighted by molar-refractivity contribution is 7.71. The number of aromatic nitrogens is 3. The van der Waals surface area contributed by atoms with E-state index in [-0.39, 0.29) is 5.56 Å². The number of rotatable bonds is 5. The lowest BCUT2D eigenvalue weighted by Gasteiger charge is -2.08. The number of pyridine rings is 1. The number of nitrogens with zero attached hydrogens (tertiary/aromatic N) is 2. The average Bonchev–Trinajstić information content (AvgIpc) is 3.03. The maximum absolute atomic E-state index is 13.0. The third kappa shape index (κ3) is 3.04. The fraction of sp³-hybridized carbons (Fsp3) is 0.211. The van der Waals surface area contributed by atoms with E-state index in [4.69, 9.17) is 17.0 Å². The summed E-state index contributed by atoms with van der Waals surface area (Å²) in [6, 6.07) is 11.6. The lowest BCUT2D eigenvalue weighted by Crippen LogP contribution is -2.21. The monoisotopic (exact) mass is 383 g/mol. The second-order valence-corrected chi connectivity index (χ2v) is 7.36. The smallest absolute Gasteiger partial charge is 0.272 e. The highest BCUT2D eigenvalue weighted by Gasteiger charge is 2.13. The zero-order chi connectivity index (χ0) is 18.1. The van der Waals surface area contributed by atoms with Gasteiger partial charge >= 0.3 is 0 Å². The number of aromatic amines is 1.